The van der Waals surface area contributed by atoms with Gasteiger partial charge in [-0.1, -0.05) is 52.3 Å². The molecule has 0 spiro atoms. The second kappa shape index (κ2) is 6.44. The number of halogens is 1. The maximum Gasteiger partial charge on any atom is 0.134 e. The van der Waals surface area contributed by atoms with E-state index in [9.17, 15) is 0 Å². The first-order chi connectivity index (χ1) is 11.7. The van der Waals surface area contributed by atoms with Crippen molar-refractivity contribution in [2.75, 3.05) is 17.2 Å². The highest BCUT2D eigenvalue weighted by atomic mass is 79.9. The molecule has 0 bridgehead atoms. The number of aromatic nitrogens is 1. The number of nitrogens with zero attached hydrogens (tertiary/aromatic N) is 2. The number of benzene rings is 2. The van der Waals surface area contributed by atoms with Gasteiger partial charge in [-0.25, -0.2) is 4.98 Å². The van der Waals surface area contributed by atoms with Crippen LogP contribution < -0.4 is 10.6 Å². The Kier molecular flexibility index (Phi) is 4.15. The zero-order valence-electron chi connectivity index (χ0n) is 13.5. The van der Waals surface area contributed by atoms with Gasteiger partial charge in [0.15, 0.2) is 0 Å². The zero-order valence-corrected chi connectivity index (χ0v) is 15.1. The van der Waals surface area contributed by atoms with E-state index in [0.29, 0.717) is 0 Å². The van der Waals surface area contributed by atoms with E-state index in [1.807, 2.05) is 18.2 Å². The number of rotatable bonds is 2. The first kappa shape index (κ1) is 15.5. The molecular formula is C20H20BrN3. The van der Waals surface area contributed by atoms with Gasteiger partial charge < -0.3 is 10.6 Å². The first-order valence-electron chi connectivity index (χ1n) is 8.39. The summed E-state index contributed by atoms with van der Waals surface area (Å²) in [6.45, 7) is 1.90. The summed E-state index contributed by atoms with van der Waals surface area (Å²) in [6, 6.07) is 16.7. The molecule has 0 amide bonds. The van der Waals surface area contributed by atoms with Gasteiger partial charge in [-0.2, -0.15) is 0 Å². The summed E-state index contributed by atoms with van der Waals surface area (Å²) in [6.07, 6.45) is 3.32. The van der Waals surface area contributed by atoms with Crippen LogP contribution in [0.25, 0.3) is 10.9 Å². The van der Waals surface area contributed by atoms with E-state index >= 15 is 0 Å². The third-order valence-electron chi connectivity index (χ3n) is 4.70. The Labute approximate surface area is 150 Å². The van der Waals surface area contributed by atoms with Gasteiger partial charge in [0, 0.05) is 34.2 Å². The number of hydrogen-bond acceptors (Lipinski definition) is 3. The molecule has 1 aliphatic heterocycles. The summed E-state index contributed by atoms with van der Waals surface area (Å²) in [4.78, 5) is 7.37. The minimum atomic E-state index is 0.875. The highest BCUT2D eigenvalue weighted by Crippen LogP contribution is 2.37. The molecule has 0 saturated heterocycles. The Morgan fingerprint density at radius 3 is 2.71 bits per heavy atom. The minimum Gasteiger partial charge on any atom is -0.398 e. The quantitative estimate of drug-likeness (QED) is 0.684. The van der Waals surface area contributed by atoms with Crippen LogP contribution in [-0.2, 0) is 13.0 Å². The van der Waals surface area contributed by atoms with Gasteiger partial charge >= 0.3 is 0 Å². The first-order valence-corrected chi connectivity index (χ1v) is 9.19. The van der Waals surface area contributed by atoms with Crippen molar-refractivity contribution in [1.29, 1.82) is 0 Å². The molecule has 2 aromatic carbocycles. The molecule has 1 aromatic heterocycles. The average Bonchev–Trinajstić information content (AvgIpc) is 2.79. The SMILES string of the molecule is Nc1c2c(nc3cccc(Br)c13)N(Cc1ccccc1)CCCC2. The lowest BCUT2D eigenvalue weighted by Crippen LogP contribution is -2.25. The van der Waals surface area contributed by atoms with Gasteiger partial charge in [0.25, 0.3) is 0 Å². The molecule has 4 heteroatoms. The van der Waals surface area contributed by atoms with Crippen molar-refractivity contribution in [3.8, 4) is 0 Å². The maximum atomic E-state index is 6.57. The van der Waals surface area contributed by atoms with E-state index in [-0.39, 0.29) is 0 Å². The lowest BCUT2D eigenvalue weighted by molar-refractivity contribution is 0.711. The second-order valence-corrected chi connectivity index (χ2v) is 7.18. The molecule has 3 aromatic rings. The summed E-state index contributed by atoms with van der Waals surface area (Å²) in [7, 11) is 0. The third kappa shape index (κ3) is 2.75. The summed E-state index contributed by atoms with van der Waals surface area (Å²) in [5, 5.41) is 1.04. The van der Waals surface area contributed by atoms with E-state index in [0.717, 1.165) is 52.8 Å². The summed E-state index contributed by atoms with van der Waals surface area (Å²) in [5.41, 5.74) is 10.9. The summed E-state index contributed by atoms with van der Waals surface area (Å²) < 4.78 is 1.02. The lowest BCUT2D eigenvalue weighted by Gasteiger charge is -2.25. The Balaban J connectivity index is 1.85. The molecule has 4 rings (SSSR count). The maximum absolute atomic E-state index is 6.57. The molecule has 0 fully saturated rings. The van der Waals surface area contributed by atoms with Crippen molar-refractivity contribution in [2.24, 2.45) is 0 Å². The molecule has 0 radical (unpaired) electrons. The van der Waals surface area contributed by atoms with Crippen LogP contribution in [0.5, 0.6) is 0 Å². The molecule has 0 unspecified atom stereocenters. The molecule has 0 atom stereocenters. The molecule has 2 N–H and O–H groups in total. The molecule has 24 heavy (non-hydrogen) atoms. The van der Waals surface area contributed by atoms with Crippen LogP contribution in [0.4, 0.5) is 11.5 Å². The average molecular weight is 382 g/mol. The van der Waals surface area contributed by atoms with E-state index in [1.54, 1.807) is 0 Å². The monoisotopic (exact) mass is 381 g/mol. The highest BCUT2D eigenvalue weighted by molar-refractivity contribution is 9.10. The highest BCUT2D eigenvalue weighted by Gasteiger charge is 2.22. The predicted molar refractivity (Wildman–Crippen MR) is 104 cm³/mol. The van der Waals surface area contributed by atoms with Crippen molar-refractivity contribution in [2.45, 2.75) is 25.8 Å². The van der Waals surface area contributed by atoms with Crippen LogP contribution in [-0.4, -0.2) is 11.5 Å². The van der Waals surface area contributed by atoms with Gasteiger partial charge in [0.05, 0.1) is 5.52 Å². The van der Waals surface area contributed by atoms with Crippen LogP contribution in [0.1, 0.15) is 24.0 Å². The number of fused-ring (bicyclic) bond motifs is 2. The predicted octanol–water partition coefficient (Wildman–Crippen LogP) is 4.92. The number of hydrogen-bond donors (Lipinski definition) is 1. The Bertz CT molecular complexity index is 877. The van der Waals surface area contributed by atoms with Crippen LogP contribution >= 0.6 is 15.9 Å². The molecule has 0 aliphatic carbocycles. The molecule has 0 saturated carbocycles. The largest absolute Gasteiger partial charge is 0.398 e. The fourth-order valence-corrected chi connectivity index (χ4v) is 4.07. The fourth-order valence-electron chi connectivity index (χ4n) is 3.50. The van der Waals surface area contributed by atoms with Crippen molar-refractivity contribution >= 4 is 38.3 Å². The standard InChI is InChI=1S/C20H20BrN3/c21-16-10-6-11-17-18(16)19(22)15-9-4-5-12-24(20(15)23-17)13-14-7-2-1-3-8-14/h1-3,6-8,10-11H,4-5,9,12-13H2,(H2,22,23). The van der Waals surface area contributed by atoms with Crippen molar-refractivity contribution in [1.82, 2.24) is 4.98 Å². The van der Waals surface area contributed by atoms with Crippen LogP contribution in [0.15, 0.2) is 53.0 Å². The van der Waals surface area contributed by atoms with Crippen LogP contribution in [0.3, 0.4) is 0 Å². The molecular weight excluding hydrogens is 362 g/mol. The summed E-state index contributed by atoms with van der Waals surface area (Å²) >= 11 is 3.63. The molecule has 2 heterocycles. The van der Waals surface area contributed by atoms with Gasteiger partial charge in [-0.05, 0) is 37.0 Å². The van der Waals surface area contributed by atoms with E-state index in [1.165, 1.54) is 17.5 Å². The number of nitrogen functional groups attached to an aromatic ring is 1. The van der Waals surface area contributed by atoms with E-state index in [4.69, 9.17) is 10.7 Å². The van der Waals surface area contributed by atoms with Crippen molar-refractivity contribution < 1.29 is 0 Å². The lowest BCUT2D eigenvalue weighted by atomic mass is 10.0. The van der Waals surface area contributed by atoms with Gasteiger partial charge in [-0.3, -0.25) is 0 Å². The number of nitrogens with two attached hydrogens (primary N) is 1. The molecule has 122 valence electrons. The van der Waals surface area contributed by atoms with Crippen molar-refractivity contribution in [3.05, 3.63) is 64.1 Å². The zero-order chi connectivity index (χ0) is 16.5. The van der Waals surface area contributed by atoms with Gasteiger partial charge in [0.2, 0.25) is 0 Å². The van der Waals surface area contributed by atoms with Crippen LogP contribution in [0, 0.1) is 0 Å². The van der Waals surface area contributed by atoms with Gasteiger partial charge in [-0.15, -0.1) is 0 Å². The van der Waals surface area contributed by atoms with E-state index in [2.05, 4.69) is 51.2 Å². The van der Waals surface area contributed by atoms with Crippen LogP contribution in [0.2, 0.25) is 0 Å². The molecule has 1 aliphatic rings. The number of pyridine rings is 1. The second-order valence-electron chi connectivity index (χ2n) is 6.33. The smallest absolute Gasteiger partial charge is 0.134 e. The Morgan fingerprint density at radius 2 is 1.88 bits per heavy atom. The van der Waals surface area contributed by atoms with Gasteiger partial charge in [0.1, 0.15) is 5.82 Å². The normalized spacial score (nSPS) is 14.5. The van der Waals surface area contributed by atoms with Crippen molar-refractivity contribution in [3.63, 3.8) is 0 Å². The minimum absolute atomic E-state index is 0.875. The fraction of sp³-hybridized carbons (Fsp3) is 0.250. The Hall–Kier alpha value is -2.07. The topological polar surface area (TPSA) is 42.1 Å². The third-order valence-corrected chi connectivity index (χ3v) is 5.36. The Morgan fingerprint density at radius 1 is 1.04 bits per heavy atom. The molecule has 3 nitrogen and oxygen atoms in total. The number of anilines is 2. The summed E-state index contributed by atoms with van der Waals surface area (Å²) in [5.74, 6) is 1.06. The van der Waals surface area contributed by atoms with E-state index < -0.39 is 0 Å².